The highest BCUT2D eigenvalue weighted by Gasteiger charge is 2.57. The summed E-state index contributed by atoms with van der Waals surface area (Å²) in [6.45, 7) is 5.90. The summed E-state index contributed by atoms with van der Waals surface area (Å²) in [5, 5.41) is 12.0. The van der Waals surface area contributed by atoms with E-state index in [9.17, 15) is 23.1 Å². The second-order valence-corrected chi connectivity index (χ2v) is 15.1. The van der Waals surface area contributed by atoms with Crippen molar-refractivity contribution in [2.24, 2.45) is 21.1 Å². The third-order valence-electron chi connectivity index (χ3n) is 10.3. The van der Waals surface area contributed by atoms with Gasteiger partial charge in [0.05, 0.1) is 23.2 Å². The normalized spacial score (nSPS) is 21.3. The van der Waals surface area contributed by atoms with Gasteiger partial charge >= 0.3 is 12.4 Å². The molecule has 0 bridgehead atoms. The Bertz CT molecular complexity index is 2170. The Balaban J connectivity index is 1.36. The number of nitrogens with zero attached hydrogens (tertiary/aromatic N) is 5. The maximum Gasteiger partial charge on any atom is 0.575 e. The molecule has 2 amide bonds. The van der Waals surface area contributed by atoms with Gasteiger partial charge in [-0.1, -0.05) is 41.8 Å². The molecule has 0 radical (unpaired) electrons. The highest BCUT2D eigenvalue weighted by Crippen LogP contribution is 2.52. The summed E-state index contributed by atoms with van der Waals surface area (Å²) in [5.74, 6) is 8.64. The SMILES string of the molecule is C#Cc1c(F)ccc2cc(O)cc(-c3c(C#CCN(C)C)cc4c(c3Cl)OCC3N(C4)CC34CCCC(C)(C)N(C(=O)/N=C/N=C(N)OC(F)(F)F)C4)c12. The summed E-state index contributed by atoms with van der Waals surface area (Å²) in [6, 6.07) is 5.71. The van der Waals surface area contributed by atoms with Crippen LogP contribution in [0.2, 0.25) is 5.02 Å². The van der Waals surface area contributed by atoms with Crippen molar-refractivity contribution in [3.63, 3.8) is 0 Å². The van der Waals surface area contributed by atoms with E-state index in [1.54, 1.807) is 11.0 Å². The maximum atomic E-state index is 15.1. The highest BCUT2D eigenvalue weighted by molar-refractivity contribution is 6.36. The van der Waals surface area contributed by atoms with Crippen LogP contribution in [0.5, 0.6) is 11.5 Å². The lowest BCUT2D eigenvalue weighted by Gasteiger charge is -2.58. The van der Waals surface area contributed by atoms with Crippen molar-refractivity contribution in [2.45, 2.75) is 57.6 Å². The Hall–Kier alpha value is -5.02. The van der Waals surface area contributed by atoms with Gasteiger partial charge < -0.3 is 25.2 Å². The predicted octanol–water partition coefficient (Wildman–Crippen LogP) is 6.73. The van der Waals surface area contributed by atoms with Gasteiger partial charge in [0, 0.05) is 52.7 Å². The van der Waals surface area contributed by atoms with Crippen molar-refractivity contribution in [1.29, 1.82) is 0 Å². The molecule has 54 heavy (non-hydrogen) atoms. The summed E-state index contributed by atoms with van der Waals surface area (Å²) < 4.78 is 62.7. The molecule has 0 aromatic heterocycles. The van der Waals surface area contributed by atoms with Gasteiger partial charge in [0.1, 0.15) is 30.3 Å². The number of fused-ring (bicyclic) bond motifs is 4. The van der Waals surface area contributed by atoms with Crippen molar-refractivity contribution in [3.8, 4) is 46.8 Å². The molecule has 0 saturated carbocycles. The number of ether oxygens (including phenoxy) is 2. The number of likely N-dealkylation sites (tertiary alicyclic amines) is 1. The summed E-state index contributed by atoms with van der Waals surface area (Å²) >= 11 is 7.29. The molecule has 3 aliphatic heterocycles. The van der Waals surface area contributed by atoms with E-state index < -0.39 is 35.2 Å². The van der Waals surface area contributed by atoms with Gasteiger partial charge in [0.25, 0.3) is 6.02 Å². The summed E-state index contributed by atoms with van der Waals surface area (Å²) in [6.07, 6.45) is 3.68. The van der Waals surface area contributed by atoms with Crippen LogP contribution in [0.15, 0.2) is 40.3 Å². The minimum absolute atomic E-state index is 0.0253. The summed E-state index contributed by atoms with van der Waals surface area (Å²) in [7, 11) is 3.79. The minimum Gasteiger partial charge on any atom is -0.508 e. The third-order valence-corrected chi connectivity index (χ3v) is 10.6. The van der Waals surface area contributed by atoms with E-state index >= 15 is 4.39 Å². The minimum atomic E-state index is -5.03. The zero-order valence-electron chi connectivity index (χ0n) is 30.2. The molecule has 6 rings (SSSR count). The topological polar surface area (TPSA) is 116 Å². The molecule has 2 unspecified atom stereocenters. The molecule has 2 atom stereocenters. The van der Waals surface area contributed by atoms with Crippen LogP contribution in [0, 0.1) is 35.4 Å². The van der Waals surface area contributed by atoms with Gasteiger partial charge in [-0.2, -0.15) is 9.98 Å². The first-order valence-corrected chi connectivity index (χ1v) is 17.5. The van der Waals surface area contributed by atoms with Crippen molar-refractivity contribution in [1.82, 2.24) is 14.7 Å². The lowest BCUT2D eigenvalue weighted by Crippen LogP contribution is -2.69. The molecule has 284 valence electrons. The lowest BCUT2D eigenvalue weighted by atomic mass is 9.68. The second kappa shape index (κ2) is 14.7. The van der Waals surface area contributed by atoms with Crippen molar-refractivity contribution in [3.05, 3.63) is 57.9 Å². The number of benzene rings is 3. The van der Waals surface area contributed by atoms with Crippen LogP contribution in [0.4, 0.5) is 22.4 Å². The van der Waals surface area contributed by atoms with E-state index in [4.69, 9.17) is 28.5 Å². The Morgan fingerprint density at radius 1 is 1.24 bits per heavy atom. The van der Waals surface area contributed by atoms with Gasteiger partial charge in [0.2, 0.25) is 0 Å². The number of aliphatic imine (C=N–C) groups is 2. The Morgan fingerprint density at radius 2 is 2.00 bits per heavy atom. The molecule has 3 N–H and O–H groups in total. The highest BCUT2D eigenvalue weighted by atomic mass is 35.5. The fourth-order valence-electron chi connectivity index (χ4n) is 7.79. The number of hydrogen-bond donors (Lipinski definition) is 2. The first-order valence-electron chi connectivity index (χ1n) is 17.1. The van der Waals surface area contributed by atoms with E-state index in [-0.39, 0.29) is 29.0 Å². The van der Waals surface area contributed by atoms with E-state index in [0.717, 1.165) is 18.4 Å². The Morgan fingerprint density at radius 3 is 2.70 bits per heavy atom. The number of amides is 2. The molecule has 3 heterocycles. The number of urea groups is 1. The first-order chi connectivity index (χ1) is 25.4. The quantitative estimate of drug-likeness (QED) is 0.132. The van der Waals surface area contributed by atoms with Gasteiger partial charge in [-0.3, -0.25) is 9.80 Å². The third kappa shape index (κ3) is 7.65. The number of hydrogen-bond acceptors (Lipinski definition) is 6. The largest absolute Gasteiger partial charge is 0.575 e. The van der Waals surface area contributed by atoms with Crippen LogP contribution in [-0.2, 0) is 11.3 Å². The number of terminal acetylenes is 1. The number of rotatable bonds is 3. The molecule has 15 heteroatoms. The van der Waals surface area contributed by atoms with Gasteiger partial charge in [-0.15, -0.1) is 19.6 Å². The Labute approximate surface area is 315 Å². The molecular weight excluding hydrogens is 728 g/mol. The number of carbonyl (C=O) groups excluding carboxylic acids is 1. The Kier molecular flexibility index (Phi) is 10.5. The van der Waals surface area contributed by atoms with Crippen molar-refractivity contribution < 1.29 is 36.9 Å². The average molecular weight is 767 g/mol. The predicted molar refractivity (Wildman–Crippen MR) is 199 cm³/mol. The van der Waals surface area contributed by atoms with Crippen LogP contribution in [-0.4, -0.2) is 96.5 Å². The molecule has 3 aromatic carbocycles. The van der Waals surface area contributed by atoms with Crippen LogP contribution in [0.3, 0.4) is 0 Å². The smallest absolute Gasteiger partial charge is 0.508 e. The fraction of sp³-hybridized carbons (Fsp3) is 0.410. The van der Waals surface area contributed by atoms with E-state index in [1.165, 1.54) is 18.2 Å². The number of aromatic hydroxyl groups is 1. The number of halogens is 5. The van der Waals surface area contributed by atoms with E-state index in [2.05, 4.69) is 37.4 Å². The molecule has 10 nitrogen and oxygen atoms in total. The molecule has 3 aromatic rings. The number of nitrogens with two attached hydrogens (primary N) is 1. The second-order valence-electron chi connectivity index (χ2n) is 14.7. The number of phenols is 1. The zero-order valence-corrected chi connectivity index (χ0v) is 30.9. The van der Waals surface area contributed by atoms with Crippen LogP contribution in [0.25, 0.3) is 21.9 Å². The van der Waals surface area contributed by atoms with Gasteiger partial charge in [0.15, 0.2) is 0 Å². The molecule has 2 fully saturated rings. The number of carbonyl (C=O) groups is 1. The van der Waals surface area contributed by atoms with Crippen LogP contribution >= 0.6 is 11.6 Å². The van der Waals surface area contributed by atoms with Crippen LogP contribution < -0.4 is 10.5 Å². The molecular formula is C39H39ClF4N6O4. The molecule has 0 aliphatic carbocycles. The van der Waals surface area contributed by atoms with Crippen molar-refractivity contribution in [2.75, 3.05) is 40.3 Å². The molecule has 3 aliphatic rings. The first kappa shape index (κ1) is 38.7. The van der Waals surface area contributed by atoms with Gasteiger partial charge in [-0.25, -0.2) is 9.18 Å². The van der Waals surface area contributed by atoms with Crippen LogP contribution in [0.1, 0.15) is 49.8 Å². The average Bonchev–Trinajstić information content (AvgIpc) is 3.31. The zero-order chi connectivity index (χ0) is 39.2. The number of phenolic OH excluding ortho intramolecular Hbond substituents is 1. The van der Waals surface area contributed by atoms with E-state index in [0.29, 0.717) is 72.2 Å². The lowest BCUT2D eigenvalue weighted by molar-refractivity contribution is -0.283. The standard InChI is InChI=1S/C39H39ClF4N6O4/c1-6-27-29(41)11-10-24-16-26(51)17-28(31(24)27)32-23(9-7-14-48(4)5)15-25-18-49-20-38(30(49)19-53-34(25)33(32)40)13-8-12-37(2,3)50(21-38)36(52)47-22-46-35(45)54-39(42,43)44/h1,10-11,15-17,22,30,51H,8,12-14,18-21H2,2-5H3,(H2,45,46,47,52). The summed E-state index contributed by atoms with van der Waals surface area (Å²) in [4.78, 5) is 26.4. The number of amidine groups is 1. The molecule has 1 spiro atoms. The monoisotopic (exact) mass is 766 g/mol. The summed E-state index contributed by atoms with van der Waals surface area (Å²) in [5.41, 5.74) is 6.36. The van der Waals surface area contributed by atoms with Crippen molar-refractivity contribution >= 4 is 40.8 Å². The van der Waals surface area contributed by atoms with Gasteiger partial charge in [-0.05, 0) is 76.0 Å². The van der Waals surface area contributed by atoms with E-state index in [1.807, 2.05) is 38.9 Å². The fourth-order valence-corrected chi connectivity index (χ4v) is 8.17. The maximum absolute atomic E-state index is 15.1. The molecule has 2 saturated heterocycles. The number of alkyl halides is 3.